The molecular formula is C10H19N3O4. The third kappa shape index (κ3) is 5.19. The molecule has 0 aromatic heterocycles. The summed E-state index contributed by atoms with van der Waals surface area (Å²) in [5.74, 6) is -1.65. The molecule has 3 amide bonds. The average Bonchev–Trinajstić information content (AvgIpc) is 2.23. The number of hydrogen-bond donors (Lipinski definition) is 3. The van der Waals surface area contributed by atoms with Gasteiger partial charge in [0.25, 0.3) is 0 Å². The Balaban J connectivity index is 4.41. The Morgan fingerprint density at radius 3 is 2.18 bits per heavy atom. The molecule has 0 saturated heterocycles. The molecule has 0 aromatic carbocycles. The highest BCUT2D eigenvalue weighted by molar-refractivity contribution is 5.86. The first-order valence-corrected chi connectivity index (χ1v) is 5.24. The summed E-state index contributed by atoms with van der Waals surface area (Å²) in [5.41, 5.74) is 0. The zero-order valence-corrected chi connectivity index (χ0v) is 10.5. The number of aliphatic carboxylic acids is 1. The number of carbonyl (C=O) groups excluding carboxylic acids is 2. The molecular weight excluding hydrogens is 226 g/mol. The van der Waals surface area contributed by atoms with E-state index in [2.05, 4.69) is 10.6 Å². The van der Waals surface area contributed by atoms with E-state index in [1.165, 1.54) is 14.1 Å². The molecule has 7 nitrogen and oxygen atoms in total. The molecule has 0 bridgehead atoms. The Labute approximate surface area is 100 Å². The number of nitrogens with one attached hydrogen (secondary N) is 2. The smallest absolute Gasteiger partial charge is 0.326 e. The van der Waals surface area contributed by atoms with Crippen LogP contribution in [0.15, 0.2) is 0 Å². The van der Waals surface area contributed by atoms with Crippen molar-refractivity contribution in [2.45, 2.75) is 19.9 Å². The first-order chi connectivity index (χ1) is 7.79. The van der Waals surface area contributed by atoms with E-state index in [1.54, 1.807) is 13.8 Å². The third-order valence-corrected chi connectivity index (χ3v) is 2.22. The van der Waals surface area contributed by atoms with Gasteiger partial charge in [-0.05, 0) is 5.92 Å². The van der Waals surface area contributed by atoms with Crippen molar-refractivity contribution in [1.29, 1.82) is 0 Å². The van der Waals surface area contributed by atoms with Crippen LogP contribution >= 0.6 is 0 Å². The second kappa shape index (κ2) is 6.72. The summed E-state index contributed by atoms with van der Waals surface area (Å²) in [6.07, 6.45) is 0. The summed E-state index contributed by atoms with van der Waals surface area (Å²) < 4.78 is 0. The van der Waals surface area contributed by atoms with Crippen LogP contribution in [0.1, 0.15) is 13.8 Å². The number of carbonyl (C=O) groups is 3. The van der Waals surface area contributed by atoms with Crippen LogP contribution in [-0.4, -0.2) is 54.6 Å². The van der Waals surface area contributed by atoms with Crippen molar-refractivity contribution >= 4 is 17.9 Å². The predicted molar refractivity (Wildman–Crippen MR) is 61.5 cm³/mol. The van der Waals surface area contributed by atoms with Crippen molar-refractivity contribution in [1.82, 2.24) is 15.5 Å². The van der Waals surface area contributed by atoms with Gasteiger partial charge in [-0.2, -0.15) is 0 Å². The summed E-state index contributed by atoms with van der Waals surface area (Å²) in [6.45, 7) is 3.27. The van der Waals surface area contributed by atoms with Crippen LogP contribution in [0, 0.1) is 5.92 Å². The van der Waals surface area contributed by atoms with Gasteiger partial charge in [0.2, 0.25) is 5.91 Å². The fourth-order valence-corrected chi connectivity index (χ4v) is 1.12. The quantitative estimate of drug-likeness (QED) is 0.607. The Hall–Kier alpha value is -1.79. The summed E-state index contributed by atoms with van der Waals surface area (Å²) >= 11 is 0. The highest BCUT2D eigenvalue weighted by atomic mass is 16.4. The van der Waals surface area contributed by atoms with Crippen molar-refractivity contribution in [3.05, 3.63) is 0 Å². The third-order valence-electron chi connectivity index (χ3n) is 2.22. The summed E-state index contributed by atoms with van der Waals surface area (Å²) in [4.78, 5) is 34.6. The maximum Gasteiger partial charge on any atom is 0.326 e. The first-order valence-electron chi connectivity index (χ1n) is 5.24. The van der Waals surface area contributed by atoms with Crippen LogP contribution < -0.4 is 10.6 Å². The van der Waals surface area contributed by atoms with Gasteiger partial charge in [0.1, 0.15) is 12.6 Å². The first kappa shape index (κ1) is 15.2. The lowest BCUT2D eigenvalue weighted by Crippen LogP contribution is -2.50. The van der Waals surface area contributed by atoms with E-state index in [-0.39, 0.29) is 18.4 Å². The zero-order valence-electron chi connectivity index (χ0n) is 10.5. The molecule has 0 saturated carbocycles. The molecule has 1 atom stereocenters. The molecule has 17 heavy (non-hydrogen) atoms. The predicted octanol–water partition coefficient (Wildman–Crippen LogP) is -0.517. The Morgan fingerprint density at radius 1 is 1.29 bits per heavy atom. The second-order valence-electron chi connectivity index (χ2n) is 4.04. The van der Waals surface area contributed by atoms with Gasteiger partial charge < -0.3 is 20.6 Å². The van der Waals surface area contributed by atoms with Crippen LogP contribution in [0.2, 0.25) is 0 Å². The van der Waals surface area contributed by atoms with Crippen LogP contribution in [0.3, 0.4) is 0 Å². The van der Waals surface area contributed by atoms with E-state index in [0.717, 1.165) is 4.90 Å². The minimum absolute atomic E-state index is 0.118. The van der Waals surface area contributed by atoms with Gasteiger partial charge in [0, 0.05) is 14.1 Å². The normalized spacial score (nSPS) is 11.8. The van der Waals surface area contributed by atoms with E-state index in [9.17, 15) is 14.4 Å². The van der Waals surface area contributed by atoms with Crippen LogP contribution in [0.25, 0.3) is 0 Å². The summed E-state index contributed by atoms with van der Waals surface area (Å²) in [6, 6.07) is -1.55. The highest BCUT2D eigenvalue weighted by Crippen LogP contribution is 2.02. The van der Waals surface area contributed by atoms with Gasteiger partial charge in [-0.1, -0.05) is 13.8 Å². The molecule has 0 rings (SSSR count). The van der Waals surface area contributed by atoms with Crippen LogP contribution in [0.4, 0.5) is 4.79 Å². The molecule has 0 radical (unpaired) electrons. The number of hydrogen-bond acceptors (Lipinski definition) is 3. The molecule has 3 N–H and O–H groups in total. The maximum absolute atomic E-state index is 11.6. The molecule has 0 heterocycles. The van der Waals surface area contributed by atoms with E-state index < -0.39 is 18.0 Å². The molecule has 0 aliphatic heterocycles. The van der Waals surface area contributed by atoms with Gasteiger partial charge in [-0.15, -0.1) is 0 Å². The van der Waals surface area contributed by atoms with Crippen molar-refractivity contribution in [2.24, 2.45) is 5.92 Å². The van der Waals surface area contributed by atoms with Gasteiger partial charge >= 0.3 is 12.0 Å². The lowest BCUT2D eigenvalue weighted by atomic mass is 10.1. The number of amides is 3. The Morgan fingerprint density at radius 2 is 1.82 bits per heavy atom. The Bertz CT molecular complexity index is 304. The molecule has 0 spiro atoms. The van der Waals surface area contributed by atoms with Crippen molar-refractivity contribution < 1.29 is 19.5 Å². The van der Waals surface area contributed by atoms with E-state index in [4.69, 9.17) is 5.11 Å². The standard InChI is InChI=1S/C10H19N3O4/c1-6(2)8(9(15)16)12-10(17)13(4)5-7(14)11-3/h6,8H,5H2,1-4H3,(H,11,14)(H,12,17)(H,15,16)/t8-/m0/s1. The zero-order chi connectivity index (χ0) is 13.6. The van der Waals surface area contributed by atoms with Crippen LogP contribution in [-0.2, 0) is 9.59 Å². The SMILES string of the molecule is CNC(=O)CN(C)C(=O)N[C@H](C(=O)O)C(C)C. The number of carboxylic acids is 1. The molecule has 7 heteroatoms. The fraction of sp³-hybridized carbons (Fsp3) is 0.700. The second-order valence-corrected chi connectivity index (χ2v) is 4.04. The van der Waals surface area contributed by atoms with Gasteiger partial charge in [-0.3, -0.25) is 4.79 Å². The fourth-order valence-electron chi connectivity index (χ4n) is 1.12. The molecule has 0 aliphatic carbocycles. The average molecular weight is 245 g/mol. The van der Waals surface area contributed by atoms with Gasteiger partial charge in [0.05, 0.1) is 0 Å². The van der Waals surface area contributed by atoms with Crippen molar-refractivity contribution in [2.75, 3.05) is 20.6 Å². The maximum atomic E-state index is 11.6. The van der Waals surface area contributed by atoms with E-state index in [1.807, 2.05) is 0 Å². The van der Waals surface area contributed by atoms with Crippen LogP contribution in [0.5, 0.6) is 0 Å². The highest BCUT2D eigenvalue weighted by Gasteiger charge is 2.25. The monoisotopic (exact) mass is 245 g/mol. The van der Waals surface area contributed by atoms with Crippen molar-refractivity contribution in [3.63, 3.8) is 0 Å². The summed E-state index contributed by atoms with van der Waals surface area (Å²) in [7, 11) is 2.88. The van der Waals surface area contributed by atoms with Gasteiger partial charge in [-0.25, -0.2) is 9.59 Å². The van der Waals surface area contributed by atoms with Crippen molar-refractivity contribution in [3.8, 4) is 0 Å². The molecule has 98 valence electrons. The lowest BCUT2D eigenvalue weighted by molar-refractivity contribution is -0.140. The van der Waals surface area contributed by atoms with E-state index in [0.29, 0.717) is 0 Å². The van der Waals surface area contributed by atoms with Gasteiger partial charge in [0.15, 0.2) is 0 Å². The molecule has 0 unspecified atom stereocenters. The number of carboxylic acid groups (broad SMARTS) is 1. The number of likely N-dealkylation sites (N-methyl/N-ethyl adjacent to an activating group) is 2. The minimum Gasteiger partial charge on any atom is -0.480 e. The minimum atomic E-state index is -1.10. The largest absolute Gasteiger partial charge is 0.480 e. The number of nitrogens with zero attached hydrogens (tertiary/aromatic N) is 1. The molecule has 0 aliphatic rings. The Kier molecular flexibility index (Phi) is 6.01. The molecule has 0 aromatic rings. The summed E-state index contributed by atoms with van der Waals surface area (Å²) in [5, 5.41) is 13.6. The van der Waals surface area contributed by atoms with E-state index >= 15 is 0 Å². The topological polar surface area (TPSA) is 98.7 Å². The number of rotatable bonds is 5. The molecule has 0 fully saturated rings. The lowest BCUT2D eigenvalue weighted by Gasteiger charge is -2.22. The number of urea groups is 1.